The van der Waals surface area contributed by atoms with Crippen LogP contribution in [-0.4, -0.2) is 62.0 Å². The van der Waals surface area contributed by atoms with E-state index in [9.17, 15) is 4.79 Å². The highest BCUT2D eigenvalue weighted by atomic mass is 35.5. The van der Waals surface area contributed by atoms with Gasteiger partial charge in [0.1, 0.15) is 0 Å². The largest absolute Gasteiger partial charge is 0.344 e. The fraction of sp³-hybridized carbons (Fsp3) is 0.800. The number of amides is 1. The van der Waals surface area contributed by atoms with Crippen LogP contribution in [0, 0.1) is 11.3 Å². The van der Waals surface area contributed by atoms with Crippen molar-refractivity contribution in [1.82, 2.24) is 15.1 Å². The lowest BCUT2D eigenvalue weighted by Crippen LogP contribution is -2.47. The minimum Gasteiger partial charge on any atom is -0.344 e. The van der Waals surface area contributed by atoms with Crippen LogP contribution in [-0.2, 0) is 4.79 Å². The maximum Gasteiger partial charge on any atom is 0.236 e. The molecule has 100 valence electrons. The van der Waals surface area contributed by atoms with Gasteiger partial charge in [0.05, 0.1) is 19.0 Å². The van der Waals surface area contributed by atoms with Crippen LogP contribution in [0.1, 0.15) is 6.42 Å². The first-order valence-electron chi connectivity index (χ1n) is 5.28. The van der Waals surface area contributed by atoms with E-state index in [-0.39, 0.29) is 30.7 Å². The van der Waals surface area contributed by atoms with Gasteiger partial charge in [-0.3, -0.25) is 9.69 Å². The first-order chi connectivity index (χ1) is 7.24. The van der Waals surface area contributed by atoms with Gasteiger partial charge in [0.2, 0.25) is 5.91 Å². The summed E-state index contributed by atoms with van der Waals surface area (Å²) in [5.74, 6) is 0.104. The van der Waals surface area contributed by atoms with Gasteiger partial charge >= 0.3 is 0 Å². The minimum absolute atomic E-state index is 0. The summed E-state index contributed by atoms with van der Waals surface area (Å²) in [7, 11) is 1.75. The second kappa shape index (κ2) is 10.6. The lowest BCUT2D eigenvalue weighted by molar-refractivity contribution is -0.131. The third kappa shape index (κ3) is 7.40. The maximum absolute atomic E-state index is 11.7. The fourth-order valence-electron chi connectivity index (χ4n) is 1.52. The van der Waals surface area contributed by atoms with Gasteiger partial charge in [0, 0.05) is 39.8 Å². The van der Waals surface area contributed by atoms with Crippen LogP contribution in [0.5, 0.6) is 0 Å². The van der Waals surface area contributed by atoms with E-state index < -0.39 is 0 Å². The second-order valence-electron chi connectivity index (χ2n) is 3.75. The van der Waals surface area contributed by atoms with Crippen molar-refractivity contribution in [2.24, 2.45) is 0 Å². The van der Waals surface area contributed by atoms with E-state index in [4.69, 9.17) is 5.26 Å². The minimum atomic E-state index is 0. The van der Waals surface area contributed by atoms with Gasteiger partial charge in [0.15, 0.2) is 0 Å². The quantitative estimate of drug-likeness (QED) is 0.795. The highest BCUT2D eigenvalue weighted by Gasteiger charge is 2.15. The zero-order valence-corrected chi connectivity index (χ0v) is 11.6. The van der Waals surface area contributed by atoms with Crippen molar-refractivity contribution < 1.29 is 4.79 Å². The molecule has 1 heterocycles. The van der Waals surface area contributed by atoms with Crippen LogP contribution in [0.2, 0.25) is 0 Å². The average molecular weight is 283 g/mol. The van der Waals surface area contributed by atoms with E-state index >= 15 is 0 Å². The molecule has 1 aliphatic rings. The number of hydrogen-bond donors (Lipinski definition) is 1. The van der Waals surface area contributed by atoms with E-state index in [1.807, 2.05) is 6.07 Å². The first kappa shape index (κ1) is 18.8. The summed E-state index contributed by atoms with van der Waals surface area (Å²) in [5.41, 5.74) is 0. The Balaban J connectivity index is 0. The van der Waals surface area contributed by atoms with Gasteiger partial charge < -0.3 is 10.2 Å². The Bertz CT molecular complexity index is 251. The summed E-state index contributed by atoms with van der Waals surface area (Å²) >= 11 is 0. The molecule has 7 heteroatoms. The average Bonchev–Trinajstić information content (AvgIpc) is 2.27. The van der Waals surface area contributed by atoms with Gasteiger partial charge in [-0.15, -0.1) is 24.8 Å². The standard InChI is InChI=1S/C10H18N4O.2ClH/c1-13(6-2-3-11)10(15)9-14-7-4-12-5-8-14;;/h12H,2,4-9H2,1H3;2*1H. The number of nitrogens with zero attached hydrogens (tertiary/aromatic N) is 3. The maximum atomic E-state index is 11.7. The summed E-state index contributed by atoms with van der Waals surface area (Å²) < 4.78 is 0. The molecule has 1 saturated heterocycles. The Labute approximate surface area is 115 Å². The zero-order chi connectivity index (χ0) is 11.1. The van der Waals surface area contributed by atoms with Crippen LogP contribution in [0.15, 0.2) is 0 Å². The Hall–Kier alpha value is -0.540. The monoisotopic (exact) mass is 282 g/mol. The number of nitriles is 1. The molecule has 0 atom stereocenters. The Morgan fingerprint density at radius 2 is 2.00 bits per heavy atom. The Morgan fingerprint density at radius 1 is 1.41 bits per heavy atom. The van der Waals surface area contributed by atoms with Crippen molar-refractivity contribution in [3.05, 3.63) is 0 Å². The van der Waals surface area contributed by atoms with Crippen LogP contribution in [0.4, 0.5) is 0 Å². The topological polar surface area (TPSA) is 59.4 Å². The summed E-state index contributed by atoms with van der Waals surface area (Å²) in [4.78, 5) is 15.4. The molecule has 0 saturated carbocycles. The molecule has 1 aliphatic heterocycles. The van der Waals surface area contributed by atoms with Crippen LogP contribution in [0.3, 0.4) is 0 Å². The molecule has 0 aliphatic carbocycles. The molecule has 1 fully saturated rings. The highest BCUT2D eigenvalue weighted by molar-refractivity contribution is 5.85. The number of rotatable bonds is 4. The van der Waals surface area contributed by atoms with Crippen molar-refractivity contribution in [3.8, 4) is 6.07 Å². The molecule has 5 nitrogen and oxygen atoms in total. The molecule has 1 N–H and O–H groups in total. The van der Waals surface area contributed by atoms with Crippen LogP contribution >= 0.6 is 24.8 Å². The number of likely N-dealkylation sites (N-methyl/N-ethyl adjacent to an activating group) is 1. The highest BCUT2D eigenvalue weighted by Crippen LogP contribution is 1.95. The summed E-state index contributed by atoms with van der Waals surface area (Å²) in [6.45, 7) is 4.77. The van der Waals surface area contributed by atoms with E-state index in [1.54, 1.807) is 11.9 Å². The SMILES string of the molecule is CN(CCC#N)C(=O)CN1CCNCC1.Cl.Cl. The van der Waals surface area contributed by atoms with Crippen molar-refractivity contribution in [1.29, 1.82) is 5.26 Å². The molecule has 0 aromatic heterocycles. The van der Waals surface area contributed by atoms with E-state index in [2.05, 4.69) is 10.2 Å². The molecule has 0 spiro atoms. The summed E-state index contributed by atoms with van der Waals surface area (Å²) in [6, 6.07) is 2.04. The first-order valence-corrected chi connectivity index (χ1v) is 5.28. The molecule has 17 heavy (non-hydrogen) atoms. The second-order valence-corrected chi connectivity index (χ2v) is 3.75. The summed E-state index contributed by atoms with van der Waals surface area (Å²) in [6.07, 6.45) is 0.407. The normalized spacial score (nSPS) is 15.1. The van der Waals surface area contributed by atoms with Gasteiger partial charge in [-0.05, 0) is 0 Å². The predicted octanol–water partition coefficient (Wildman–Crippen LogP) is 0.107. The molecule has 0 aromatic carbocycles. The van der Waals surface area contributed by atoms with E-state index in [0.29, 0.717) is 19.5 Å². The molecule has 0 radical (unpaired) electrons. The number of nitrogens with one attached hydrogen (secondary N) is 1. The number of carbonyl (C=O) groups excluding carboxylic acids is 1. The number of carbonyl (C=O) groups is 1. The molecule has 1 rings (SSSR count). The molecule has 0 unspecified atom stereocenters. The molecule has 0 aromatic rings. The molecule has 1 amide bonds. The van der Waals surface area contributed by atoms with E-state index in [1.165, 1.54) is 0 Å². The lowest BCUT2D eigenvalue weighted by Gasteiger charge is -2.28. The number of piperazine rings is 1. The smallest absolute Gasteiger partial charge is 0.236 e. The third-order valence-electron chi connectivity index (χ3n) is 2.55. The fourth-order valence-corrected chi connectivity index (χ4v) is 1.52. The predicted molar refractivity (Wildman–Crippen MR) is 71.7 cm³/mol. The van der Waals surface area contributed by atoms with Gasteiger partial charge in [-0.2, -0.15) is 5.26 Å². The third-order valence-corrected chi connectivity index (χ3v) is 2.55. The van der Waals surface area contributed by atoms with Crippen molar-refractivity contribution in [2.75, 3.05) is 46.3 Å². The van der Waals surface area contributed by atoms with E-state index in [0.717, 1.165) is 26.2 Å². The molecular formula is C10H20Cl2N4O. The van der Waals surface area contributed by atoms with Crippen LogP contribution < -0.4 is 5.32 Å². The van der Waals surface area contributed by atoms with Crippen molar-refractivity contribution >= 4 is 30.7 Å². The van der Waals surface area contributed by atoms with Gasteiger partial charge in [-0.1, -0.05) is 0 Å². The summed E-state index contributed by atoms with van der Waals surface area (Å²) in [5, 5.41) is 11.7. The Morgan fingerprint density at radius 3 is 2.53 bits per heavy atom. The van der Waals surface area contributed by atoms with Gasteiger partial charge in [0.25, 0.3) is 0 Å². The van der Waals surface area contributed by atoms with Crippen molar-refractivity contribution in [3.63, 3.8) is 0 Å². The Kier molecular flexibility index (Phi) is 11.7. The number of halogens is 2. The molecule has 0 bridgehead atoms. The van der Waals surface area contributed by atoms with Crippen molar-refractivity contribution in [2.45, 2.75) is 6.42 Å². The molecular weight excluding hydrogens is 263 g/mol. The zero-order valence-electron chi connectivity index (χ0n) is 10.0. The van der Waals surface area contributed by atoms with Crippen LogP contribution in [0.25, 0.3) is 0 Å². The lowest BCUT2D eigenvalue weighted by atomic mass is 10.3. The van der Waals surface area contributed by atoms with Gasteiger partial charge in [-0.25, -0.2) is 0 Å². The number of hydrogen-bond acceptors (Lipinski definition) is 4.